The Hall–Kier alpha value is -2.37. The van der Waals surface area contributed by atoms with E-state index >= 15 is 0 Å². The molecule has 0 saturated carbocycles. The van der Waals surface area contributed by atoms with E-state index in [9.17, 15) is 9.18 Å². The molecule has 2 rings (SSSR count). The maximum Gasteiger partial charge on any atom is 0.335 e. The van der Waals surface area contributed by atoms with E-state index in [2.05, 4.69) is 4.98 Å². The number of rotatable bonds is 4. The predicted octanol–water partition coefficient (Wildman–Crippen LogP) is 2.57. The number of hydrogen-bond acceptors (Lipinski definition) is 3. The van der Waals surface area contributed by atoms with Gasteiger partial charge in [-0.3, -0.25) is 0 Å². The van der Waals surface area contributed by atoms with E-state index < -0.39 is 17.4 Å². The molecule has 0 saturated heterocycles. The van der Waals surface area contributed by atoms with Gasteiger partial charge in [-0.1, -0.05) is 0 Å². The second-order valence-corrected chi connectivity index (χ2v) is 4.92. The van der Waals surface area contributed by atoms with E-state index in [0.29, 0.717) is 5.82 Å². The van der Waals surface area contributed by atoms with Crippen LogP contribution >= 0.6 is 0 Å². The summed E-state index contributed by atoms with van der Waals surface area (Å²) in [6.45, 7) is 3.53. The third-order valence-electron chi connectivity index (χ3n) is 2.90. The van der Waals surface area contributed by atoms with Crippen molar-refractivity contribution >= 4 is 5.97 Å². The number of imidazole rings is 1. The van der Waals surface area contributed by atoms with Gasteiger partial charge in [-0.2, -0.15) is 0 Å². The van der Waals surface area contributed by atoms with Crippen molar-refractivity contribution in [2.45, 2.75) is 19.4 Å². The largest absolute Gasteiger partial charge is 0.478 e. The van der Waals surface area contributed by atoms with Gasteiger partial charge in [0.25, 0.3) is 0 Å². The number of benzene rings is 1. The summed E-state index contributed by atoms with van der Waals surface area (Å²) in [5.74, 6) is -1.27. The molecule has 1 heterocycles. The van der Waals surface area contributed by atoms with Crippen molar-refractivity contribution in [1.82, 2.24) is 9.55 Å². The van der Waals surface area contributed by atoms with Gasteiger partial charge in [0.05, 0.1) is 5.56 Å². The fourth-order valence-electron chi connectivity index (χ4n) is 1.98. The number of aromatic nitrogens is 2. The van der Waals surface area contributed by atoms with Crippen LogP contribution in [0, 0.1) is 5.82 Å². The van der Waals surface area contributed by atoms with Crippen molar-refractivity contribution in [1.29, 1.82) is 0 Å². The lowest BCUT2D eigenvalue weighted by Gasteiger charge is -2.26. The molecular formula is C14H15FN2O3. The number of carbonyl (C=O) groups is 1. The zero-order valence-electron chi connectivity index (χ0n) is 11.4. The Bertz CT molecular complexity index is 650. The summed E-state index contributed by atoms with van der Waals surface area (Å²) in [4.78, 5) is 14.9. The molecule has 0 aliphatic carbocycles. The lowest BCUT2D eigenvalue weighted by atomic mass is 10.1. The summed E-state index contributed by atoms with van der Waals surface area (Å²) < 4.78 is 21.3. The van der Waals surface area contributed by atoms with Gasteiger partial charge in [-0.15, -0.1) is 0 Å². The Morgan fingerprint density at radius 2 is 2.15 bits per heavy atom. The second kappa shape index (κ2) is 4.96. The van der Waals surface area contributed by atoms with E-state index in [-0.39, 0.29) is 11.3 Å². The number of halogens is 1. The van der Waals surface area contributed by atoms with Crippen molar-refractivity contribution in [2.75, 3.05) is 0 Å². The molecule has 0 radical (unpaired) electrons. The van der Waals surface area contributed by atoms with Crippen LogP contribution in [-0.2, 0) is 12.6 Å². The van der Waals surface area contributed by atoms with E-state index in [1.807, 2.05) is 7.05 Å². The Balaban J connectivity index is 2.30. The average molecular weight is 278 g/mol. The number of aryl methyl sites for hydroxylation is 1. The van der Waals surface area contributed by atoms with Crippen LogP contribution in [0.3, 0.4) is 0 Å². The minimum atomic E-state index is -1.18. The number of ether oxygens (including phenoxy) is 1. The normalized spacial score (nSPS) is 11.4. The first-order chi connectivity index (χ1) is 9.31. The molecule has 1 N–H and O–H groups in total. The standard InChI is InChI=1S/C14H15FN2O3/c1-14(2,13-16-6-7-17(13)3)20-11-5-4-9(12(18)19)8-10(11)15/h4-8H,1-3H3,(H,18,19). The van der Waals surface area contributed by atoms with Gasteiger partial charge < -0.3 is 14.4 Å². The van der Waals surface area contributed by atoms with Gasteiger partial charge in [0.2, 0.25) is 0 Å². The Kier molecular flexibility index (Phi) is 3.48. The fraction of sp³-hybridized carbons (Fsp3) is 0.286. The highest BCUT2D eigenvalue weighted by Gasteiger charge is 2.28. The number of aromatic carboxylic acids is 1. The van der Waals surface area contributed by atoms with Gasteiger partial charge in [-0.05, 0) is 32.0 Å². The van der Waals surface area contributed by atoms with Crippen LogP contribution in [-0.4, -0.2) is 20.6 Å². The monoisotopic (exact) mass is 278 g/mol. The Labute approximate surface area is 115 Å². The van der Waals surface area contributed by atoms with Crippen LogP contribution in [0.1, 0.15) is 30.0 Å². The minimum Gasteiger partial charge on any atom is -0.478 e. The maximum atomic E-state index is 13.9. The van der Waals surface area contributed by atoms with Crippen LogP contribution in [0.25, 0.3) is 0 Å². The highest BCUT2D eigenvalue weighted by Crippen LogP contribution is 2.28. The van der Waals surface area contributed by atoms with Gasteiger partial charge in [0, 0.05) is 19.4 Å². The molecule has 0 aliphatic rings. The van der Waals surface area contributed by atoms with Crippen molar-refractivity contribution in [2.24, 2.45) is 7.05 Å². The topological polar surface area (TPSA) is 64.4 Å². The van der Waals surface area contributed by atoms with Crippen molar-refractivity contribution in [3.63, 3.8) is 0 Å². The van der Waals surface area contributed by atoms with E-state index in [1.54, 1.807) is 30.8 Å². The summed E-state index contributed by atoms with van der Waals surface area (Å²) in [6.07, 6.45) is 3.40. The third-order valence-corrected chi connectivity index (χ3v) is 2.90. The molecule has 0 unspecified atom stereocenters. The van der Waals surface area contributed by atoms with Crippen LogP contribution < -0.4 is 4.74 Å². The molecule has 0 fully saturated rings. The average Bonchev–Trinajstić information content (AvgIpc) is 2.78. The van der Waals surface area contributed by atoms with Crippen LogP contribution in [0.2, 0.25) is 0 Å². The van der Waals surface area contributed by atoms with Gasteiger partial charge in [0.1, 0.15) is 0 Å². The first-order valence-electron chi connectivity index (χ1n) is 6.01. The molecule has 0 amide bonds. The van der Waals surface area contributed by atoms with E-state index in [0.717, 1.165) is 6.07 Å². The molecule has 6 heteroatoms. The van der Waals surface area contributed by atoms with Crippen molar-refractivity contribution in [3.05, 3.63) is 47.8 Å². The molecule has 0 atom stereocenters. The summed E-state index contributed by atoms with van der Waals surface area (Å²) in [6, 6.07) is 3.55. The molecule has 0 spiro atoms. The SMILES string of the molecule is Cn1ccnc1C(C)(C)Oc1ccc(C(=O)O)cc1F. The number of hydrogen-bond donors (Lipinski definition) is 1. The summed E-state index contributed by atoms with van der Waals surface area (Å²) >= 11 is 0. The zero-order chi connectivity index (χ0) is 14.9. The summed E-state index contributed by atoms with van der Waals surface area (Å²) in [7, 11) is 1.82. The molecule has 0 bridgehead atoms. The van der Waals surface area contributed by atoms with E-state index in [1.165, 1.54) is 12.1 Å². The third kappa shape index (κ3) is 2.64. The van der Waals surface area contributed by atoms with Crippen molar-refractivity contribution < 1.29 is 19.0 Å². The number of carboxylic acid groups (broad SMARTS) is 1. The van der Waals surface area contributed by atoms with Crippen molar-refractivity contribution in [3.8, 4) is 5.75 Å². The zero-order valence-corrected chi connectivity index (χ0v) is 11.4. The molecule has 20 heavy (non-hydrogen) atoms. The number of nitrogens with zero attached hydrogens (tertiary/aromatic N) is 2. The molecule has 2 aromatic rings. The molecule has 1 aromatic heterocycles. The minimum absolute atomic E-state index is 0.0111. The number of carboxylic acids is 1. The lowest BCUT2D eigenvalue weighted by molar-refractivity contribution is 0.0695. The first kappa shape index (κ1) is 14.0. The molecular weight excluding hydrogens is 263 g/mol. The van der Waals surface area contributed by atoms with Crippen LogP contribution in [0.5, 0.6) is 5.75 Å². The second-order valence-electron chi connectivity index (χ2n) is 4.92. The van der Waals surface area contributed by atoms with Crippen LogP contribution in [0.15, 0.2) is 30.6 Å². The van der Waals surface area contributed by atoms with Gasteiger partial charge in [-0.25, -0.2) is 14.2 Å². The quantitative estimate of drug-likeness (QED) is 0.933. The van der Waals surface area contributed by atoms with E-state index in [4.69, 9.17) is 9.84 Å². The molecule has 106 valence electrons. The smallest absolute Gasteiger partial charge is 0.335 e. The fourth-order valence-corrected chi connectivity index (χ4v) is 1.98. The maximum absolute atomic E-state index is 13.9. The highest BCUT2D eigenvalue weighted by molar-refractivity contribution is 5.87. The highest BCUT2D eigenvalue weighted by atomic mass is 19.1. The Morgan fingerprint density at radius 1 is 1.45 bits per heavy atom. The van der Waals surface area contributed by atoms with Gasteiger partial charge >= 0.3 is 5.97 Å². The van der Waals surface area contributed by atoms with Crippen LogP contribution in [0.4, 0.5) is 4.39 Å². The predicted molar refractivity (Wildman–Crippen MR) is 70.2 cm³/mol. The summed E-state index contributed by atoms with van der Waals surface area (Å²) in [5.41, 5.74) is -0.964. The molecule has 5 nitrogen and oxygen atoms in total. The molecule has 1 aromatic carbocycles. The lowest BCUT2D eigenvalue weighted by Crippen LogP contribution is -2.29. The van der Waals surface area contributed by atoms with Gasteiger partial charge in [0.15, 0.2) is 23.0 Å². The first-order valence-corrected chi connectivity index (χ1v) is 6.01. The summed E-state index contributed by atoms with van der Waals surface area (Å²) in [5, 5.41) is 8.80. The molecule has 0 aliphatic heterocycles. The Morgan fingerprint density at radius 3 is 2.65 bits per heavy atom.